The van der Waals surface area contributed by atoms with Gasteiger partial charge in [0.05, 0.1) is 13.2 Å². The molecule has 0 saturated heterocycles. The van der Waals surface area contributed by atoms with Crippen LogP contribution in [0.4, 0.5) is 9.39 Å². The highest BCUT2D eigenvalue weighted by Crippen LogP contribution is 2.36. The molecule has 0 spiro atoms. The number of benzene rings is 2. The summed E-state index contributed by atoms with van der Waals surface area (Å²) in [7, 11) is 0. The van der Waals surface area contributed by atoms with E-state index in [1.807, 2.05) is 12.1 Å². The fourth-order valence-electron chi connectivity index (χ4n) is 3.36. The van der Waals surface area contributed by atoms with Crippen LogP contribution in [-0.2, 0) is 14.9 Å². The third-order valence-corrected chi connectivity index (χ3v) is 6.11. The summed E-state index contributed by atoms with van der Waals surface area (Å²) in [6.45, 7) is 8.80. The van der Waals surface area contributed by atoms with Crippen molar-refractivity contribution in [1.29, 1.82) is 0 Å². The molecule has 7 heteroatoms. The van der Waals surface area contributed by atoms with Gasteiger partial charge in [0.2, 0.25) is 5.91 Å². The van der Waals surface area contributed by atoms with Gasteiger partial charge in [-0.15, -0.1) is 11.3 Å². The van der Waals surface area contributed by atoms with E-state index in [-0.39, 0.29) is 35.7 Å². The van der Waals surface area contributed by atoms with Crippen LogP contribution in [0.25, 0.3) is 11.1 Å². The normalized spacial score (nSPS) is 11.2. The van der Waals surface area contributed by atoms with E-state index in [1.54, 1.807) is 24.4 Å². The first-order valence-electron chi connectivity index (χ1n) is 11.3. The Kier molecular flexibility index (Phi) is 8.45. The molecule has 34 heavy (non-hydrogen) atoms. The van der Waals surface area contributed by atoms with Crippen LogP contribution >= 0.6 is 11.3 Å². The van der Waals surface area contributed by atoms with Crippen LogP contribution in [0, 0.1) is 5.82 Å². The Bertz CT molecular complexity index is 1120. The van der Waals surface area contributed by atoms with Gasteiger partial charge >= 0.3 is 5.97 Å². The Morgan fingerprint density at radius 2 is 1.71 bits per heavy atom. The molecule has 5 nitrogen and oxygen atoms in total. The Labute approximate surface area is 203 Å². The first kappa shape index (κ1) is 25.4. The molecule has 0 bridgehead atoms. The van der Waals surface area contributed by atoms with E-state index in [9.17, 15) is 14.0 Å². The van der Waals surface area contributed by atoms with Crippen LogP contribution < -0.4 is 10.1 Å². The molecular formula is C27H30FNO4S. The molecule has 1 N–H and O–H groups in total. The molecule has 0 aliphatic carbocycles. The number of halogens is 1. The van der Waals surface area contributed by atoms with Crippen molar-refractivity contribution in [3.8, 4) is 16.9 Å². The largest absolute Gasteiger partial charge is 0.494 e. The first-order chi connectivity index (χ1) is 16.2. The molecule has 180 valence electrons. The van der Waals surface area contributed by atoms with Crippen molar-refractivity contribution < 1.29 is 23.5 Å². The van der Waals surface area contributed by atoms with Gasteiger partial charge in [-0.2, -0.15) is 0 Å². The predicted octanol–water partition coefficient (Wildman–Crippen LogP) is 6.83. The number of hydrogen-bond acceptors (Lipinski definition) is 5. The van der Waals surface area contributed by atoms with Gasteiger partial charge in [0.15, 0.2) is 0 Å². The maximum absolute atomic E-state index is 13.3. The third-order valence-electron chi connectivity index (χ3n) is 5.22. The van der Waals surface area contributed by atoms with Crippen LogP contribution in [0.15, 0.2) is 53.9 Å². The molecule has 0 unspecified atom stereocenters. The number of anilines is 1. The number of rotatable bonds is 9. The Hall–Kier alpha value is -3.19. The van der Waals surface area contributed by atoms with Crippen LogP contribution in [-0.4, -0.2) is 25.1 Å². The highest BCUT2D eigenvalue weighted by molar-refractivity contribution is 7.15. The molecule has 0 saturated carbocycles. The zero-order chi connectivity index (χ0) is 24.7. The molecular weight excluding hydrogens is 453 g/mol. The Morgan fingerprint density at radius 1 is 1.03 bits per heavy atom. The summed E-state index contributed by atoms with van der Waals surface area (Å²) in [5.74, 6) is -0.345. The molecule has 0 fully saturated rings. The lowest BCUT2D eigenvalue weighted by Crippen LogP contribution is -2.15. The number of thiophene rings is 1. The predicted molar refractivity (Wildman–Crippen MR) is 134 cm³/mol. The van der Waals surface area contributed by atoms with Gasteiger partial charge < -0.3 is 14.8 Å². The lowest BCUT2D eigenvalue weighted by molar-refractivity contribution is -0.116. The monoisotopic (exact) mass is 483 g/mol. The van der Waals surface area contributed by atoms with Crippen molar-refractivity contribution in [2.24, 2.45) is 0 Å². The van der Waals surface area contributed by atoms with Gasteiger partial charge in [0, 0.05) is 17.4 Å². The molecule has 3 rings (SSSR count). The van der Waals surface area contributed by atoms with E-state index in [2.05, 4.69) is 38.2 Å². The molecule has 0 aliphatic heterocycles. The zero-order valence-electron chi connectivity index (χ0n) is 19.9. The van der Waals surface area contributed by atoms with E-state index in [4.69, 9.17) is 9.47 Å². The quantitative estimate of drug-likeness (QED) is 0.268. The molecule has 3 aromatic rings. The van der Waals surface area contributed by atoms with Gasteiger partial charge in [-0.25, -0.2) is 9.18 Å². The Morgan fingerprint density at radius 3 is 2.32 bits per heavy atom. The number of hydrogen-bond donors (Lipinski definition) is 1. The van der Waals surface area contributed by atoms with Crippen molar-refractivity contribution in [3.05, 3.63) is 70.9 Å². The molecule has 0 aliphatic rings. The minimum Gasteiger partial charge on any atom is -0.494 e. The van der Waals surface area contributed by atoms with Gasteiger partial charge in [0.1, 0.15) is 22.1 Å². The second-order valence-corrected chi connectivity index (χ2v) is 9.74. The average molecular weight is 484 g/mol. The van der Waals surface area contributed by atoms with Crippen LogP contribution in [0.2, 0.25) is 0 Å². The average Bonchev–Trinajstić information content (AvgIpc) is 3.20. The molecule has 0 atom stereocenters. The van der Waals surface area contributed by atoms with Crippen LogP contribution in [0.3, 0.4) is 0 Å². The van der Waals surface area contributed by atoms with E-state index in [1.165, 1.54) is 29.0 Å². The number of esters is 1. The second-order valence-electron chi connectivity index (χ2n) is 8.86. The summed E-state index contributed by atoms with van der Waals surface area (Å²) in [6, 6.07) is 13.8. The summed E-state index contributed by atoms with van der Waals surface area (Å²) in [4.78, 5) is 25.2. The Balaban J connectivity index is 1.59. The fraction of sp³-hybridized carbons (Fsp3) is 0.333. The molecule has 0 radical (unpaired) electrons. The third kappa shape index (κ3) is 6.67. The van der Waals surface area contributed by atoms with Crippen molar-refractivity contribution in [1.82, 2.24) is 0 Å². The molecule has 1 aromatic heterocycles. The number of carbonyl (C=O) groups excluding carboxylic acids is 2. The first-order valence-corrected chi connectivity index (χ1v) is 12.1. The topological polar surface area (TPSA) is 64.6 Å². The standard InChI is InChI=1S/C27H30FNO4S/c1-5-32-26(31)24-22(18-8-12-20(28)13-9-18)17-34-25(24)29-23(30)7-6-16-33-21-14-10-19(11-15-21)27(2,3)4/h8-15,17H,5-7,16H2,1-4H3,(H,29,30). The van der Waals surface area contributed by atoms with Crippen molar-refractivity contribution in [3.63, 3.8) is 0 Å². The van der Waals surface area contributed by atoms with E-state index in [0.29, 0.717) is 29.2 Å². The van der Waals surface area contributed by atoms with E-state index >= 15 is 0 Å². The molecule has 2 aromatic carbocycles. The van der Waals surface area contributed by atoms with Gasteiger partial charge in [-0.3, -0.25) is 4.79 Å². The number of carbonyl (C=O) groups is 2. The summed E-state index contributed by atoms with van der Waals surface area (Å²) in [5, 5.41) is 5.00. The summed E-state index contributed by atoms with van der Waals surface area (Å²) in [5.41, 5.74) is 2.86. The lowest BCUT2D eigenvalue weighted by Gasteiger charge is -2.19. The van der Waals surface area contributed by atoms with E-state index < -0.39 is 5.97 Å². The number of nitrogens with one attached hydrogen (secondary N) is 1. The molecule has 1 heterocycles. The maximum atomic E-state index is 13.3. The minimum absolute atomic E-state index is 0.0807. The second kappa shape index (κ2) is 11.3. The van der Waals surface area contributed by atoms with E-state index in [0.717, 1.165) is 5.75 Å². The van der Waals surface area contributed by atoms with Gasteiger partial charge in [-0.1, -0.05) is 45.0 Å². The number of amides is 1. The van der Waals surface area contributed by atoms with Crippen molar-refractivity contribution in [2.45, 2.75) is 46.0 Å². The van der Waals surface area contributed by atoms with Crippen LogP contribution in [0.5, 0.6) is 5.75 Å². The summed E-state index contributed by atoms with van der Waals surface area (Å²) in [6.07, 6.45) is 0.768. The van der Waals surface area contributed by atoms with Gasteiger partial charge in [0.25, 0.3) is 0 Å². The summed E-state index contributed by atoms with van der Waals surface area (Å²) < 4.78 is 24.3. The summed E-state index contributed by atoms with van der Waals surface area (Å²) >= 11 is 1.24. The van der Waals surface area contributed by atoms with Crippen molar-refractivity contribution >= 4 is 28.2 Å². The minimum atomic E-state index is -0.527. The highest BCUT2D eigenvalue weighted by atomic mass is 32.1. The van der Waals surface area contributed by atoms with Crippen LogP contribution in [0.1, 0.15) is 56.5 Å². The SMILES string of the molecule is CCOC(=O)c1c(-c2ccc(F)cc2)csc1NC(=O)CCCOc1ccc(C(C)(C)C)cc1. The smallest absolute Gasteiger partial charge is 0.341 e. The number of ether oxygens (including phenoxy) is 2. The maximum Gasteiger partial charge on any atom is 0.341 e. The molecule has 1 amide bonds. The highest BCUT2D eigenvalue weighted by Gasteiger charge is 2.23. The fourth-order valence-corrected chi connectivity index (χ4v) is 4.33. The zero-order valence-corrected chi connectivity index (χ0v) is 20.8. The van der Waals surface area contributed by atoms with Gasteiger partial charge in [-0.05, 0) is 54.2 Å². The van der Waals surface area contributed by atoms with Crippen molar-refractivity contribution in [2.75, 3.05) is 18.5 Å². The lowest BCUT2D eigenvalue weighted by atomic mass is 9.87.